The highest BCUT2D eigenvalue weighted by atomic mass is 79.9. The Morgan fingerprint density at radius 2 is 1.36 bits per heavy atom. The first-order chi connectivity index (χ1) is 16.1. The molecule has 0 radical (unpaired) electrons. The minimum absolute atomic E-state index is 0.284. The number of para-hydroxylation sites is 2. The zero-order chi connectivity index (χ0) is 22.8. The van der Waals surface area contributed by atoms with Gasteiger partial charge in [0, 0.05) is 58.6 Å². The molecule has 0 aliphatic carbocycles. The van der Waals surface area contributed by atoms with E-state index in [-0.39, 0.29) is 5.78 Å². The van der Waals surface area contributed by atoms with Gasteiger partial charge in [0.2, 0.25) is 0 Å². The third-order valence-corrected chi connectivity index (χ3v) is 11.6. The Bertz CT molecular complexity index is 1100. The summed E-state index contributed by atoms with van der Waals surface area (Å²) in [6.45, 7) is 3.22. The molecule has 0 amide bonds. The van der Waals surface area contributed by atoms with E-state index in [9.17, 15) is 0 Å². The lowest BCUT2D eigenvalue weighted by atomic mass is 10.2. The molecule has 0 bridgehead atoms. The predicted molar refractivity (Wildman–Crippen MR) is 146 cm³/mol. The second-order valence-corrected chi connectivity index (χ2v) is 13.3. The largest absolute Gasteiger partial charge is 0.304 e. The minimum Gasteiger partial charge on any atom is -0.304 e. The Morgan fingerprint density at radius 3 is 1.88 bits per heavy atom. The fraction of sp³-hybridized carbons (Fsp3) is 0.280. The van der Waals surface area contributed by atoms with E-state index in [0.29, 0.717) is 18.1 Å². The van der Waals surface area contributed by atoms with Gasteiger partial charge in [-0.15, -0.1) is 0 Å². The molecule has 2 aliphatic rings. The third-order valence-electron chi connectivity index (χ3n) is 6.27. The summed E-state index contributed by atoms with van der Waals surface area (Å²) in [4.78, 5) is 2.42. The highest BCUT2D eigenvalue weighted by Crippen LogP contribution is 2.70. The molecule has 0 spiro atoms. The summed E-state index contributed by atoms with van der Waals surface area (Å²) in [5, 5.41) is 0.670. The van der Waals surface area contributed by atoms with Crippen LogP contribution in [0.2, 0.25) is 5.02 Å². The van der Waals surface area contributed by atoms with Crippen LogP contribution in [0.1, 0.15) is 11.3 Å². The van der Waals surface area contributed by atoms with Gasteiger partial charge in [-0.2, -0.15) is 11.8 Å². The van der Waals surface area contributed by atoms with Crippen LogP contribution in [0.15, 0.2) is 83.3 Å². The van der Waals surface area contributed by atoms with E-state index < -0.39 is 7.44 Å². The van der Waals surface area contributed by atoms with Crippen LogP contribution in [0, 0.1) is 0 Å². The number of thioether (sulfide) groups is 1. The Balaban J connectivity index is 1.71. The molecule has 5 rings (SSSR count). The van der Waals surface area contributed by atoms with Crippen LogP contribution in [-0.4, -0.2) is 42.6 Å². The molecule has 0 N–H and O–H groups in total. The molecule has 2 fully saturated rings. The Hall–Kier alpha value is -1.43. The summed E-state index contributed by atoms with van der Waals surface area (Å²) >= 11 is 12.0. The molecule has 172 valence electrons. The fourth-order valence-corrected chi connectivity index (χ4v) is 10.5. The average Bonchev–Trinajstić information content (AvgIpc) is 3.20. The minimum atomic E-state index is -3.17. The maximum Gasteiger partial charge on any atom is 0.284 e. The topological polar surface area (TPSA) is 26.8 Å². The predicted octanol–water partition coefficient (Wildman–Crippen LogP) is 7.37. The van der Waals surface area contributed by atoms with Gasteiger partial charge in [0.1, 0.15) is 5.78 Å². The first kappa shape index (κ1) is 23.3. The molecule has 8 heteroatoms. The van der Waals surface area contributed by atoms with Gasteiger partial charge in [-0.25, -0.2) is 0 Å². The number of hydrogen-bond acceptors (Lipinski definition) is 3. The van der Waals surface area contributed by atoms with Crippen molar-refractivity contribution in [2.75, 3.05) is 47.0 Å². The van der Waals surface area contributed by atoms with Gasteiger partial charge in [0.25, 0.3) is 7.44 Å². The van der Waals surface area contributed by atoms with Crippen molar-refractivity contribution in [2.24, 2.45) is 0 Å². The molecule has 3 aromatic carbocycles. The number of rotatable bonds is 5. The summed E-state index contributed by atoms with van der Waals surface area (Å²) < 4.78 is 20.9. The van der Waals surface area contributed by atoms with Crippen molar-refractivity contribution in [2.45, 2.75) is 5.78 Å². The zero-order valence-electron chi connectivity index (χ0n) is 18.2. The monoisotopic (exact) mass is 561 g/mol. The third kappa shape index (κ3) is 4.49. The van der Waals surface area contributed by atoms with Crippen molar-refractivity contribution < 1.29 is 4.57 Å². The molecule has 33 heavy (non-hydrogen) atoms. The molecule has 1 atom stereocenters. The van der Waals surface area contributed by atoms with Crippen molar-refractivity contribution in [3.8, 4) is 0 Å². The number of benzene rings is 3. The van der Waals surface area contributed by atoms with Crippen LogP contribution >= 0.6 is 46.7 Å². The van der Waals surface area contributed by atoms with Crippen LogP contribution in [0.3, 0.4) is 0 Å². The van der Waals surface area contributed by atoms with Crippen LogP contribution in [0.4, 0.5) is 11.4 Å². The first-order valence-corrected chi connectivity index (χ1v) is 15.1. The van der Waals surface area contributed by atoms with E-state index >= 15 is 4.57 Å². The molecule has 0 aromatic heterocycles. The van der Waals surface area contributed by atoms with Crippen molar-refractivity contribution >= 4 is 58.1 Å². The van der Waals surface area contributed by atoms with Gasteiger partial charge >= 0.3 is 0 Å². The van der Waals surface area contributed by atoms with Crippen LogP contribution in [-0.2, 0) is 4.57 Å². The van der Waals surface area contributed by atoms with Crippen LogP contribution in [0.5, 0.6) is 0 Å². The molecule has 2 aliphatic heterocycles. The standard InChI is InChI=1S/C25H26BrClN3OPS/c26-24-19-20(27)11-12-23(24)25(28-15-17-33-18-16-28)32(31)29(21-7-3-1-4-8-21)13-14-30(32)22-9-5-2-6-10-22/h1-12,19,25H,13-18H2. The molecular formula is C25H26BrClN3OPS. The lowest BCUT2D eigenvalue weighted by molar-refractivity contribution is 0.273. The number of hydrogen-bond donors (Lipinski definition) is 0. The first-order valence-electron chi connectivity index (χ1n) is 11.1. The number of nitrogens with zero attached hydrogens (tertiary/aromatic N) is 3. The van der Waals surface area contributed by atoms with E-state index in [2.05, 4.69) is 54.4 Å². The SMILES string of the molecule is O=P1(C(c2ccc(Cl)cc2Br)N2CCSCC2)N(c2ccccc2)CCN1c1ccccc1. The van der Waals surface area contributed by atoms with Gasteiger partial charge in [-0.1, -0.05) is 70.0 Å². The van der Waals surface area contributed by atoms with Crippen LogP contribution < -0.4 is 9.34 Å². The molecule has 0 saturated carbocycles. The van der Waals surface area contributed by atoms with Gasteiger partial charge in [0.05, 0.1) is 0 Å². The van der Waals surface area contributed by atoms with Gasteiger partial charge in [0.15, 0.2) is 0 Å². The molecule has 4 nitrogen and oxygen atoms in total. The Labute approximate surface area is 213 Å². The quantitative estimate of drug-likeness (QED) is 0.303. The molecule has 3 aromatic rings. The summed E-state index contributed by atoms with van der Waals surface area (Å²) in [5.74, 6) is 1.80. The second-order valence-electron chi connectivity index (χ2n) is 8.19. The zero-order valence-corrected chi connectivity index (χ0v) is 22.2. The smallest absolute Gasteiger partial charge is 0.284 e. The normalized spacial score (nSPS) is 19.6. The maximum atomic E-state index is 15.7. The van der Waals surface area contributed by atoms with Gasteiger partial charge < -0.3 is 9.34 Å². The van der Waals surface area contributed by atoms with Gasteiger partial charge in [-0.3, -0.25) is 9.46 Å². The maximum absolute atomic E-state index is 15.7. The van der Waals surface area contributed by atoms with Gasteiger partial charge in [-0.05, 0) is 42.0 Å². The molecule has 1 unspecified atom stereocenters. The van der Waals surface area contributed by atoms with E-state index in [4.69, 9.17) is 11.6 Å². The van der Waals surface area contributed by atoms with Crippen molar-refractivity contribution in [1.29, 1.82) is 0 Å². The Morgan fingerprint density at radius 1 is 0.818 bits per heavy atom. The molecule has 2 heterocycles. The Kier molecular flexibility index (Phi) is 7.10. The van der Waals surface area contributed by atoms with E-state index in [1.807, 2.05) is 66.4 Å². The summed E-state index contributed by atoms with van der Waals surface area (Å²) in [6.07, 6.45) is 0. The van der Waals surface area contributed by atoms with E-state index in [1.165, 1.54) is 0 Å². The van der Waals surface area contributed by atoms with E-state index in [1.54, 1.807) is 0 Å². The lowest BCUT2D eigenvalue weighted by Crippen LogP contribution is -2.40. The van der Waals surface area contributed by atoms with Crippen molar-refractivity contribution in [1.82, 2.24) is 4.90 Å². The highest BCUT2D eigenvalue weighted by Gasteiger charge is 2.52. The number of anilines is 2. The highest BCUT2D eigenvalue weighted by molar-refractivity contribution is 9.10. The summed E-state index contributed by atoms with van der Waals surface area (Å²) in [7, 11) is -3.17. The van der Waals surface area contributed by atoms with Crippen LogP contribution in [0.25, 0.3) is 0 Å². The summed E-state index contributed by atoms with van der Waals surface area (Å²) in [5.41, 5.74) is 3.03. The van der Waals surface area contributed by atoms with E-state index in [0.717, 1.165) is 46.0 Å². The molecular weight excluding hydrogens is 537 g/mol. The average molecular weight is 563 g/mol. The second kappa shape index (κ2) is 10.1. The summed E-state index contributed by atoms with van der Waals surface area (Å²) in [6, 6.07) is 26.3. The molecule has 2 saturated heterocycles. The number of halogens is 2. The lowest BCUT2D eigenvalue weighted by Gasteiger charge is -2.44. The fourth-order valence-electron chi connectivity index (χ4n) is 4.78. The van der Waals surface area contributed by atoms with Crippen molar-refractivity contribution in [3.63, 3.8) is 0 Å². The van der Waals surface area contributed by atoms with Crippen molar-refractivity contribution in [3.05, 3.63) is 93.9 Å².